The standard InChI is InChI=1S/C22H20N2O6/c1-12-4-7-16(10-13(12)2)24-20(26)18(19(25)23-22(24)29)11-15-5-8-17(9-6-15)30-14(3)21(27)28/h4-11,14H,1-3H3,(H,27,28)(H,23,25,29)/b18-11+/t14-/m0/s1. The maximum atomic E-state index is 12.9. The highest BCUT2D eigenvalue weighted by atomic mass is 16.5. The van der Waals surface area contributed by atoms with Crippen LogP contribution in [-0.4, -0.2) is 35.0 Å². The zero-order valence-corrected chi connectivity index (χ0v) is 16.6. The molecule has 1 atom stereocenters. The van der Waals surface area contributed by atoms with Gasteiger partial charge >= 0.3 is 12.0 Å². The average molecular weight is 408 g/mol. The van der Waals surface area contributed by atoms with E-state index in [-0.39, 0.29) is 5.57 Å². The number of benzene rings is 2. The van der Waals surface area contributed by atoms with E-state index >= 15 is 0 Å². The minimum absolute atomic E-state index is 0.194. The lowest BCUT2D eigenvalue weighted by Gasteiger charge is -2.26. The average Bonchev–Trinajstić information content (AvgIpc) is 2.69. The van der Waals surface area contributed by atoms with Crippen molar-refractivity contribution in [2.24, 2.45) is 0 Å². The van der Waals surface area contributed by atoms with E-state index in [9.17, 15) is 19.2 Å². The maximum absolute atomic E-state index is 12.9. The van der Waals surface area contributed by atoms with Crippen molar-refractivity contribution in [1.29, 1.82) is 0 Å². The number of hydrogen-bond donors (Lipinski definition) is 2. The number of hydrogen-bond acceptors (Lipinski definition) is 5. The molecule has 2 N–H and O–H groups in total. The highest BCUT2D eigenvalue weighted by molar-refractivity contribution is 6.39. The second kappa shape index (κ2) is 8.20. The van der Waals surface area contributed by atoms with E-state index in [1.807, 2.05) is 13.8 Å². The van der Waals surface area contributed by atoms with Crippen LogP contribution in [0.2, 0.25) is 0 Å². The van der Waals surface area contributed by atoms with Crippen molar-refractivity contribution in [3.05, 3.63) is 64.7 Å². The number of amides is 4. The first-order valence-electron chi connectivity index (χ1n) is 9.15. The second-order valence-corrected chi connectivity index (χ2v) is 6.89. The lowest BCUT2D eigenvalue weighted by atomic mass is 10.1. The van der Waals surface area contributed by atoms with Crippen LogP contribution in [0.3, 0.4) is 0 Å². The van der Waals surface area contributed by atoms with Crippen LogP contribution in [0.25, 0.3) is 6.08 Å². The second-order valence-electron chi connectivity index (χ2n) is 6.89. The summed E-state index contributed by atoms with van der Waals surface area (Å²) in [6, 6.07) is 10.5. The third kappa shape index (κ3) is 4.22. The molecule has 0 aliphatic carbocycles. The van der Waals surface area contributed by atoms with Crippen LogP contribution < -0.4 is 15.0 Å². The number of rotatable bonds is 5. The number of carbonyl (C=O) groups is 4. The van der Waals surface area contributed by atoms with Gasteiger partial charge in [0.2, 0.25) is 0 Å². The molecule has 4 amide bonds. The van der Waals surface area contributed by atoms with Crippen molar-refractivity contribution < 1.29 is 29.0 Å². The monoisotopic (exact) mass is 408 g/mol. The summed E-state index contributed by atoms with van der Waals surface area (Å²) in [5, 5.41) is 11.1. The first-order valence-corrected chi connectivity index (χ1v) is 9.15. The molecule has 0 unspecified atom stereocenters. The molecular weight excluding hydrogens is 388 g/mol. The van der Waals surface area contributed by atoms with Gasteiger partial charge in [-0.1, -0.05) is 18.2 Å². The zero-order chi connectivity index (χ0) is 22.0. The third-order valence-electron chi connectivity index (χ3n) is 4.70. The third-order valence-corrected chi connectivity index (χ3v) is 4.70. The van der Waals surface area contributed by atoms with Gasteiger partial charge in [0.25, 0.3) is 11.8 Å². The van der Waals surface area contributed by atoms with Crippen molar-refractivity contribution in [2.75, 3.05) is 4.90 Å². The van der Waals surface area contributed by atoms with Crippen LogP contribution >= 0.6 is 0 Å². The number of aliphatic carboxylic acids is 1. The number of nitrogens with zero attached hydrogens (tertiary/aromatic N) is 1. The Bertz CT molecular complexity index is 1070. The Hall–Kier alpha value is -3.94. The molecule has 2 aromatic carbocycles. The normalized spacial score (nSPS) is 16.4. The molecule has 30 heavy (non-hydrogen) atoms. The number of urea groups is 1. The van der Waals surface area contributed by atoms with E-state index in [2.05, 4.69) is 5.32 Å². The van der Waals surface area contributed by atoms with Crippen molar-refractivity contribution in [3.8, 4) is 5.75 Å². The maximum Gasteiger partial charge on any atom is 0.344 e. The van der Waals surface area contributed by atoms with E-state index in [0.717, 1.165) is 16.0 Å². The Balaban J connectivity index is 1.88. The fraction of sp³-hybridized carbons (Fsp3) is 0.182. The van der Waals surface area contributed by atoms with Gasteiger partial charge in [0.15, 0.2) is 6.10 Å². The van der Waals surface area contributed by atoms with Gasteiger partial charge in [-0.05, 0) is 67.8 Å². The highest BCUT2D eigenvalue weighted by Gasteiger charge is 2.36. The van der Waals surface area contributed by atoms with E-state index in [1.54, 1.807) is 30.3 Å². The summed E-state index contributed by atoms with van der Waals surface area (Å²) in [5.74, 6) is -2.28. The van der Waals surface area contributed by atoms with E-state index in [1.165, 1.54) is 25.1 Å². The summed E-state index contributed by atoms with van der Waals surface area (Å²) < 4.78 is 5.25. The van der Waals surface area contributed by atoms with Crippen LogP contribution in [0.5, 0.6) is 5.75 Å². The number of ether oxygens (including phenoxy) is 1. The molecule has 0 bridgehead atoms. The van der Waals surface area contributed by atoms with Crippen molar-refractivity contribution >= 4 is 35.6 Å². The molecule has 1 aliphatic rings. The van der Waals surface area contributed by atoms with Crippen molar-refractivity contribution in [2.45, 2.75) is 26.9 Å². The number of anilines is 1. The Labute approximate surface area is 172 Å². The lowest BCUT2D eigenvalue weighted by Crippen LogP contribution is -2.54. The molecule has 0 spiro atoms. The fourth-order valence-electron chi connectivity index (χ4n) is 2.82. The molecular formula is C22H20N2O6. The topological polar surface area (TPSA) is 113 Å². The molecule has 1 fully saturated rings. The predicted octanol–water partition coefficient (Wildman–Crippen LogP) is 2.82. The molecule has 1 saturated heterocycles. The summed E-state index contributed by atoms with van der Waals surface area (Å²) in [5.41, 5.74) is 2.60. The van der Waals surface area contributed by atoms with Gasteiger partial charge < -0.3 is 9.84 Å². The number of nitrogens with one attached hydrogen (secondary N) is 1. The summed E-state index contributed by atoms with van der Waals surface area (Å²) in [6.07, 6.45) is 0.347. The van der Waals surface area contributed by atoms with Gasteiger partial charge in [-0.15, -0.1) is 0 Å². The summed E-state index contributed by atoms with van der Waals surface area (Å²) in [7, 11) is 0. The molecule has 8 nitrogen and oxygen atoms in total. The van der Waals surface area contributed by atoms with Crippen molar-refractivity contribution in [3.63, 3.8) is 0 Å². The minimum atomic E-state index is -1.10. The Morgan fingerprint density at radius 1 is 1.07 bits per heavy atom. The van der Waals surface area contributed by atoms with Crippen LogP contribution in [0.4, 0.5) is 10.5 Å². The van der Waals surface area contributed by atoms with E-state index in [4.69, 9.17) is 9.84 Å². The van der Waals surface area contributed by atoms with Gasteiger partial charge in [0.1, 0.15) is 11.3 Å². The summed E-state index contributed by atoms with van der Waals surface area (Å²) in [6.45, 7) is 5.18. The number of carboxylic acids is 1. The summed E-state index contributed by atoms with van der Waals surface area (Å²) >= 11 is 0. The zero-order valence-electron chi connectivity index (χ0n) is 16.6. The largest absolute Gasteiger partial charge is 0.479 e. The van der Waals surface area contributed by atoms with E-state index < -0.39 is 29.9 Å². The van der Waals surface area contributed by atoms with Gasteiger partial charge in [0, 0.05) is 0 Å². The Morgan fingerprint density at radius 3 is 2.33 bits per heavy atom. The molecule has 0 aromatic heterocycles. The molecule has 0 saturated carbocycles. The number of barbiturate groups is 1. The van der Waals surface area contributed by atoms with Gasteiger partial charge in [-0.25, -0.2) is 14.5 Å². The molecule has 1 heterocycles. The first-order chi connectivity index (χ1) is 14.2. The molecule has 2 aromatic rings. The number of imide groups is 2. The molecule has 8 heteroatoms. The molecule has 0 radical (unpaired) electrons. The number of aryl methyl sites for hydroxylation is 2. The lowest BCUT2D eigenvalue weighted by molar-refractivity contribution is -0.144. The Morgan fingerprint density at radius 2 is 1.73 bits per heavy atom. The van der Waals surface area contributed by atoms with Crippen LogP contribution in [0.1, 0.15) is 23.6 Å². The number of carbonyl (C=O) groups excluding carboxylic acids is 3. The smallest absolute Gasteiger partial charge is 0.344 e. The van der Waals surface area contributed by atoms with Gasteiger partial charge in [-0.3, -0.25) is 14.9 Å². The predicted molar refractivity (Wildman–Crippen MR) is 109 cm³/mol. The van der Waals surface area contributed by atoms with Crippen LogP contribution in [0, 0.1) is 13.8 Å². The van der Waals surface area contributed by atoms with Gasteiger partial charge in [-0.2, -0.15) is 0 Å². The van der Waals surface area contributed by atoms with Crippen LogP contribution in [0.15, 0.2) is 48.0 Å². The number of carboxylic acid groups (broad SMARTS) is 1. The summed E-state index contributed by atoms with van der Waals surface area (Å²) in [4.78, 5) is 49.3. The highest BCUT2D eigenvalue weighted by Crippen LogP contribution is 2.24. The first kappa shape index (κ1) is 20.8. The van der Waals surface area contributed by atoms with Gasteiger partial charge in [0.05, 0.1) is 5.69 Å². The van der Waals surface area contributed by atoms with Crippen LogP contribution in [-0.2, 0) is 14.4 Å². The molecule has 3 rings (SSSR count). The molecule has 1 aliphatic heterocycles. The fourth-order valence-corrected chi connectivity index (χ4v) is 2.82. The Kier molecular flexibility index (Phi) is 5.68. The molecule has 154 valence electrons. The SMILES string of the molecule is Cc1ccc(N2C(=O)NC(=O)/C(=C\c3ccc(O[C@@H](C)C(=O)O)cc3)C2=O)cc1C. The quantitative estimate of drug-likeness (QED) is 0.581. The van der Waals surface area contributed by atoms with E-state index in [0.29, 0.717) is 17.0 Å². The minimum Gasteiger partial charge on any atom is -0.479 e. The van der Waals surface area contributed by atoms with Crippen molar-refractivity contribution in [1.82, 2.24) is 5.32 Å².